The van der Waals surface area contributed by atoms with E-state index >= 15 is 0 Å². The van der Waals surface area contributed by atoms with E-state index in [0.717, 1.165) is 6.07 Å². The molecule has 0 bridgehead atoms. The van der Waals surface area contributed by atoms with E-state index in [1.807, 2.05) is 0 Å². The highest BCUT2D eigenvalue weighted by molar-refractivity contribution is 5.96. The van der Waals surface area contributed by atoms with Gasteiger partial charge in [-0.05, 0) is 12.1 Å². The number of hydrogen-bond acceptors (Lipinski definition) is 5. The number of nitrogens with one attached hydrogen (secondary N) is 1. The smallest absolute Gasteiger partial charge is 0.292 e. The average molecular weight is 278 g/mol. The van der Waals surface area contributed by atoms with Crippen LogP contribution < -0.4 is 11.1 Å². The van der Waals surface area contributed by atoms with Crippen molar-refractivity contribution in [3.63, 3.8) is 0 Å². The van der Waals surface area contributed by atoms with Gasteiger partial charge in [0.25, 0.3) is 11.6 Å². The molecule has 0 saturated carbocycles. The largest absolute Gasteiger partial charge is 0.393 e. The number of rotatable bonds is 2. The lowest BCUT2D eigenvalue weighted by Gasteiger charge is -2.19. The molecule has 3 N–H and O–H groups in total. The minimum atomic E-state index is -0.625. The second-order valence-electron chi connectivity index (χ2n) is 4.42. The number of carbonyl (C=O) groups excluding carboxylic acids is 2. The highest BCUT2D eigenvalue weighted by atomic mass is 16.6. The Bertz CT molecular complexity index is 573. The van der Waals surface area contributed by atoms with Crippen LogP contribution in [0, 0.1) is 10.1 Å². The van der Waals surface area contributed by atoms with Crippen molar-refractivity contribution in [2.45, 2.75) is 6.42 Å². The molecule has 8 nitrogen and oxygen atoms in total. The Morgan fingerprint density at radius 1 is 1.40 bits per heavy atom. The standard InChI is InChI=1S/C12H14N4O4/c13-9-2-1-8(7-10(9)16(19)20)12(18)15-5-3-11(17)14-4-6-15/h1-2,7H,3-6,13H2,(H,14,17). The molecule has 8 heteroatoms. The number of nitrogens with two attached hydrogens (primary N) is 1. The van der Waals surface area contributed by atoms with Crippen LogP contribution in [-0.4, -0.2) is 41.3 Å². The molecule has 0 atom stereocenters. The maximum Gasteiger partial charge on any atom is 0.292 e. The fourth-order valence-corrected chi connectivity index (χ4v) is 1.99. The zero-order valence-electron chi connectivity index (χ0n) is 10.7. The average Bonchev–Trinajstić information content (AvgIpc) is 2.63. The van der Waals surface area contributed by atoms with E-state index in [1.54, 1.807) is 0 Å². The number of nitro benzene ring substituents is 1. The summed E-state index contributed by atoms with van der Waals surface area (Å²) in [6.07, 6.45) is 0.225. The molecule has 1 aliphatic heterocycles. The molecule has 1 aliphatic rings. The van der Waals surface area contributed by atoms with Crippen LogP contribution in [0.5, 0.6) is 0 Å². The number of nitrogens with zero attached hydrogens (tertiary/aromatic N) is 2. The van der Waals surface area contributed by atoms with Crippen LogP contribution in [0.25, 0.3) is 0 Å². The van der Waals surface area contributed by atoms with Crippen molar-refractivity contribution in [2.75, 3.05) is 25.4 Å². The monoisotopic (exact) mass is 278 g/mol. The van der Waals surface area contributed by atoms with E-state index in [1.165, 1.54) is 17.0 Å². The number of benzene rings is 1. The highest BCUT2D eigenvalue weighted by Crippen LogP contribution is 2.23. The molecule has 20 heavy (non-hydrogen) atoms. The third-order valence-corrected chi connectivity index (χ3v) is 3.07. The van der Waals surface area contributed by atoms with Crippen molar-refractivity contribution in [2.24, 2.45) is 0 Å². The van der Waals surface area contributed by atoms with Crippen molar-refractivity contribution >= 4 is 23.2 Å². The third kappa shape index (κ3) is 2.85. The molecule has 0 unspecified atom stereocenters. The first-order valence-corrected chi connectivity index (χ1v) is 6.09. The first-order valence-electron chi connectivity index (χ1n) is 6.09. The van der Waals surface area contributed by atoms with Crippen LogP contribution in [-0.2, 0) is 4.79 Å². The molecular weight excluding hydrogens is 264 g/mol. The number of amides is 2. The summed E-state index contributed by atoms with van der Waals surface area (Å²) in [5, 5.41) is 13.5. The fraction of sp³-hybridized carbons (Fsp3) is 0.333. The number of nitrogen functional groups attached to an aromatic ring is 1. The normalized spacial score (nSPS) is 15.4. The van der Waals surface area contributed by atoms with Gasteiger partial charge < -0.3 is 16.0 Å². The van der Waals surface area contributed by atoms with E-state index in [0.29, 0.717) is 19.6 Å². The molecular formula is C12H14N4O4. The van der Waals surface area contributed by atoms with E-state index < -0.39 is 4.92 Å². The maximum atomic E-state index is 12.3. The Morgan fingerprint density at radius 2 is 2.15 bits per heavy atom. The van der Waals surface area contributed by atoms with Crippen molar-refractivity contribution < 1.29 is 14.5 Å². The molecule has 0 aliphatic carbocycles. The van der Waals surface area contributed by atoms with Gasteiger partial charge in [-0.1, -0.05) is 0 Å². The summed E-state index contributed by atoms with van der Waals surface area (Å²) in [7, 11) is 0. The van der Waals surface area contributed by atoms with Crippen LogP contribution in [0.2, 0.25) is 0 Å². The Balaban J connectivity index is 2.22. The van der Waals surface area contributed by atoms with Crippen LogP contribution in [0.15, 0.2) is 18.2 Å². The van der Waals surface area contributed by atoms with Gasteiger partial charge >= 0.3 is 0 Å². The van der Waals surface area contributed by atoms with Gasteiger partial charge in [-0.15, -0.1) is 0 Å². The minimum absolute atomic E-state index is 0.0132. The molecule has 0 spiro atoms. The van der Waals surface area contributed by atoms with Crippen LogP contribution in [0.1, 0.15) is 16.8 Å². The Kier molecular flexibility index (Phi) is 3.83. The molecule has 1 saturated heterocycles. The summed E-state index contributed by atoms with van der Waals surface area (Å²) in [5.74, 6) is -0.451. The lowest BCUT2D eigenvalue weighted by atomic mass is 10.1. The van der Waals surface area contributed by atoms with Gasteiger partial charge in [-0.25, -0.2) is 0 Å². The van der Waals surface area contributed by atoms with Crippen molar-refractivity contribution in [3.05, 3.63) is 33.9 Å². The van der Waals surface area contributed by atoms with Crippen molar-refractivity contribution in [3.8, 4) is 0 Å². The fourth-order valence-electron chi connectivity index (χ4n) is 1.99. The molecule has 1 heterocycles. The zero-order chi connectivity index (χ0) is 14.7. The molecule has 1 aromatic rings. The lowest BCUT2D eigenvalue weighted by molar-refractivity contribution is -0.383. The van der Waals surface area contributed by atoms with Gasteiger partial charge in [0.15, 0.2) is 0 Å². The molecule has 2 rings (SSSR count). The van der Waals surface area contributed by atoms with E-state index in [9.17, 15) is 19.7 Å². The van der Waals surface area contributed by atoms with Gasteiger partial charge in [0.05, 0.1) is 4.92 Å². The Hall–Kier alpha value is -2.64. The predicted molar refractivity (Wildman–Crippen MR) is 71.0 cm³/mol. The predicted octanol–water partition coefficient (Wildman–Crippen LogP) is 0.139. The Labute approximate surface area is 114 Å². The van der Waals surface area contributed by atoms with Gasteiger partial charge in [-0.2, -0.15) is 0 Å². The summed E-state index contributed by atoms with van der Waals surface area (Å²) in [4.78, 5) is 35.2. The minimum Gasteiger partial charge on any atom is -0.393 e. The molecule has 0 aromatic heterocycles. The number of anilines is 1. The number of nitro groups is 1. The van der Waals surface area contributed by atoms with Crippen LogP contribution in [0.3, 0.4) is 0 Å². The summed E-state index contributed by atoms with van der Waals surface area (Å²) >= 11 is 0. The quantitative estimate of drug-likeness (QED) is 0.453. The summed E-state index contributed by atoms with van der Waals surface area (Å²) in [6.45, 7) is 1.05. The number of carbonyl (C=O) groups is 2. The van der Waals surface area contributed by atoms with Crippen LogP contribution in [0.4, 0.5) is 11.4 Å². The SMILES string of the molecule is Nc1ccc(C(=O)N2CCNC(=O)CC2)cc1[N+](=O)[O-]. The maximum absolute atomic E-state index is 12.3. The van der Waals surface area contributed by atoms with Crippen molar-refractivity contribution in [1.82, 2.24) is 10.2 Å². The van der Waals surface area contributed by atoms with E-state index in [4.69, 9.17) is 5.73 Å². The van der Waals surface area contributed by atoms with Gasteiger partial charge in [-0.3, -0.25) is 19.7 Å². The lowest BCUT2D eigenvalue weighted by Crippen LogP contribution is -2.34. The second kappa shape index (κ2) is 5.55. The van der Waals surface area contributed by atoms with Gasteiger partial charge in [0.1, 0.15) is 5.69 Å². The van der Waals surface area contributed by atoms with Gasteiger partial charge in [0.2, 0.25) is 5.91 Å². The molecule has 1 aromatic carbocycles. The third-order valence-electron chi connectivity index (χ3n) is 3.07. The van der Waals surface area contributed by atoms with E-state index in [2.05, 4.69) is 5.32 Å². The topological polar surface area (TPSA) is 119 Å². The molecule has 2 amide bonds. The Morgan fingerprint density at radius 3 is 2.85 bits per heavy atom. The molecule has 0 radical (unpaired) electrons. The zero-order valence-corrected chi connectivity index (χ0v) is 10.7. The van der Waals surface area contributed by atoms with Gasteiger partial charge in [0, 0.05) is 37.7 Å². The summed E-state index contributed by atoms with van der Waals surface area (Å²) in [6, 6.07) is 3.95. The van der Waals surface area contributed by atoms with Crippen LogP contribution >= 0.6 is 0 Å². The summed E-state index contributed by atoms with van der Waals surface area (Å²) in [5.41, 5.74) is 5.41. The highest BCUT2D eigenvalue weighted by Gasteiger charge is 2.22. The second-order valence-corrected chi connectivity index (χ2v) is 4.42. The first kappa shape index (κ1) is 13.8. The summed E-state index contributed by atoms with van der Waals surface area (Å²) < 4.78 is 0. The van der Waals surface area contributed by atoms with Crippen molar-refractivity contribution in [1.29, 1.82) is 0 Å². The molecule has 1 fully saturated rings. The molecule has 106 valence electrons. The first-order chi connectivity index (χ1) is 9.49. The number of hydrogen-bond donors (Lipinski definition) is 2. The van der Waals surface area contributed by atoms with E-state index in [-0.39, 0.29) is 35.2 Å².